The fourth-order valence-corrected chi connectivity index (χ4v) is 12.2. The Morgan fingerprint density at radius 2 is 1.24 bits per heavy atom. The van der Waals surface area contributed by atoms with E-state index >= 15 is 0 Å². The number of piperidine rings is 2. The maximum atomic E-state index is 13.5. The van der Waals surface area contributed by atoms with Gasteiger partial charge in [-0.15, -0.1) is 0 Å². The van der Waals surface area contributed by atoms with Crippen molar-refractivity contribution in [2.45, 2.75) is 114 Å². The third-order valence-corrected chi connectivity index (χ3v) is 17.9. The molecule has 0 aromatic heterocycles. The number of hydrogen-bond donors (Lipinski definition) is 2. The molecule has 0 radical (unpaired) electrons. The van der Waals surface area contributed by atoms with Crippen molar-refractivity contribution in [3.8, 4) is 0 Å². The van der Waals surface area contributed by atoms with Gasteiger partial charge in [0.05, 0.1) is 17.4 Å². The number of carbonyl (C=O) groups is 4. The molecule has 6 rings (SSSR count). The second-order valence-electron chi connectivity index (χ2n) is 19.8. The van der Waals surface area contributed by atoms with E-state index in [1.165, 1.54) is 34.3 Å². The summed E-state index contributed by atoms with van der Waals surface area (Å²) in [5.74, 6) is -2.15. The summed E-state index contributed by atoms with van der Waals surface area (Å²) in [6.07, 6.45) is 14.9. The molecule has 18 nitrogen and oxygen atoms in total. The maximum Gasteiger partial charge on any atom is 0.281 e. The molecule has 4 fully saturated rings. The van der Waals surface area contributed by atoms with Crippen molar-refractivity contribution >= 4 is 60.3 Å². The summed E-state index contributed by atoms with van der Waals surface area (Å²) in [6, 6.07) is 10.6. The van der Waals surface area contributed by atoms with Gasteiger partial charge >= 0.3 is 0 Å². The summed E-state index contributed by atoms with van der Waals surface area (Å²) >= 11 is 0. The van der Waals surface area contributed by atoms with Crippen LogP contribution in [0.2, 0.25) is 0 Å². The monoisotopic (exact) mass is 991 g/mol. The highest BCUT2D eigenvalue weighted by Crippen LogP contribution is 2.34. The van der Waals surface area contributed by atoms with Crippen molar-refractivity contribution in [2.75, 3.05) is 93.1 Å². The van der Waals surface area contributed by atoms with Crippen LogP contribution in [-0.2, 0) is 39.4 Å². The Bertz CT molecular complexity index is 2220. The molecule has 382 valence electrons. The molecule has 2 atom stereocenters. The molecule has 2 N–H and O–H groups in total. The highest BCUT2D eigenvalue weighted by molar-refractivity contribution is 7.89. The standard InChI is InChI=1S/C29H42N4O5S.C19H36N4O5S/c1-30(2)25-14-15-26-23(19-25)12-9-13-27(26)39(37,38)31(3)21-33(36)28(34)20-24(18-22-10-5-6-11-22)29(35)32-16-7-4-8-17-32;1-20(2)29(27,28)21(3)15-17(13-18(24)22-11-7-4-8-12-22)19(25)23(26)14-16-9-5-6-10-16/h9,12-15,19,22,24,36H,4-8,10-11,16-18,20-21H2,1-3H3;16-17,26H,4-15H2,1-3H3/t24-;17-/m10/s1. The van der Waals surface area contributed by atoms with E-state index in [0.29, 0.717) is 54.0 Å². The number of likely N-dealkylation sites (tertiary alicyclic amines) is 2. The number of amides is 4. The van der Waals surface area contributed by atoms with E-state index in [4.69, 9.17) is 0 Å². The molecule has 20 heteroatoms. The maximum absolute atomic E-state index is 13.5. The van der Waals surface area contributed by atoms with Crippen molar-refractivity contribution in [1.82, 2.24) is 32.8 Å². The van der Waals surface area contributed by atoms with Crippen LogP contribution in [0.15, 0.2) is 41.3 Å². The van der Waals surface area contributed by atoms with Crippen molar-refractivity contribution in [3.05, 3.63) is 36.4 Å². The van der Waals surface area contributed by atoms with Gasteiger partial charge in [0.25, 0.3) is 16.1 Å². The van der Waals surface area contributed by atoms with Gasteiger partial charge in [-0.05, 0) is 93.2 Å². The number of benzene rings is 2. The number of nitrogens with zero attached hydrogens (tertiary/aromatic N) is 8. The van der Waals surface area contributed by atoms with Crippen molar-refractivity contribution < 1.29 is 46.4 Å². The zero-order valence-electron chi connectivity index (χ0n) is 41.3. The SMILES string of the molecule is CN(C)S(=O)(=O)N(C)C[C@H](CC(=O)N1CCCCC1)C(=O)N(O)CC1CCCC1.CN(C)c1ccc2c(S(=O)(=O)N(C)CN(O)C(=O)C[C@@H](CC3CCCC3)C(=O)N3CCCCC3)cccc2c1. The molecule has 2 aliphatic carbocycles. The van der Waals surface area contributed by atoms with Crippen LogP contribution < -0.4 is 4.90 Å². The zero-order chi connectivity index (χ0) is 49.8. The smallest absolute Gasteiger partial charge is 0.281 e. The topological polar surface area (TPSA) is 203 Å². The van der Waals surface area contributed by atoms with Crippen LogP contribution in [0.4, 0.5) is 5.69 Å². The lowest BCUT2D eigenvalue weighted by molar-refractivity contribution is -0.174. The molecular weight excluding hydrogens is 913 g/mol. The first-order valence-corrected chi connectivity index (χ1v) is 27.4. The first-order chi connectivity index (χ1) is 32.2. The summed E-state index contributed by atoms with van der Waals surface area (Å²) in [5.41, 5.74) is 0.948. The minimum absolute atomic E-state index is 0.0165. The predicted molar refractivity (Wildman–Crippen MR) is 261 cm³/mol. The van der Waals surface area contributed by atoms with E-state index in [1.54, 1.807) is 17.0 Å². The molecule has 2 saturated carbocycles. The summed E-state index contributed by atoms with van der Waals surface area (Å²) < 4.78 is 54.9. The summed E-state index contributed by atoms with van der Waals surface area (Å²) in [7, 11) is 1.66. The van der Waals surface area contributed by atoms with Gasteiger partial charge in [0.15, 0.2) is 0 Å². The van der Waals surface area contributed by atoms with Crippen LogP contribution in [0, 0.1) is 23.7 Å². The van der Waals surface area contributed by atoms with E-state index in [9.17, 15) is 46.4 Å². The quantitative estimate of drug-likeness (QED) is 0.103. The summed E-state index contributed by atoms with van der Waals surface area (Å²) in [5, 5.41) is 23.5. The summed E-state index contributed by atoms with van der Waals surface area (Å²) in [4.78, 5) is 57.8. The molecule has 2 heterocycles. The van der Waals surface area contributed by atoms with Gasteiger partial charge in [-0.1, -0.05) is 56.7 Å². The molecule has 2 saturated heterocycles. The Labute approximate surface area is 405 Å². The molecule has 0 unspecified atom stereocenters. The number of sulfonamides is 1. The second-order valence-corrected chi connectivity index (χ2v) is 24.0. The first-order valence-electron chi connectivity index (χ1n) is 24.6. The molecule has 0 spiro atoms. The van der Waals surface area contributed by atoms with Gasteiger partial charge in [-0.2, -0.15) is 21.3 Å². The lowest BCUT2D eigenvalue weighted by atomic mass is 9.89. The van der Waals surface area contributed by atoms with Crippen LogP contribution in [0.5, 0.6) is 0 Å². The number of anilines is 1. The number of carbonyl (C=O) groups excluding carboxylic acids is 4. The molecule has 68 heavy (non-hydrogen) atoms. The normalized spacial score (nSPS) is 18.5. The Morgan fingerprint density at radius 1 is 0.662 bits per heavy atom. The lowest BCUT2D eigenvalue weighted by Gasteiger charge is -2.32. The van der Waals surface area contributed by atoms with Gasteiger partial charge in [-0.25, -0.2) is 18.5 Å². The van der Waals surface area contributed by atoms with Crippen LogP contribution in [0.3, 0.4) is 0 Å². The van der Waals surface area contributed by atoms with Crippen LogP contribution in [0.1, 0.15) is 109 Å². The first kappa shape index (κ1) is 55.0. The minimum Gasteiger partial charge on any atom is -0.378 e. The Hall–Kier alpha value is -3.92. The zero-order valence-corrected chi connectivity index (χ0v) is 42.9. The number of hydrogen-bond acceptors (Lipinski definition) is 11. The average Bonchev–Trinajstić information content (AvgIpc) is 4.05. The molecular formula is C48H78N8O10S2. The Balaban J connectivity index is 0.000000266. The van der Waals surface area contributed by atoms with Gasteiger partial charge in [0.2, 0.25) is 27.7 Å². The third kappa shape index (κ3) is 14.8. The molecule has 0 bridgehead atoms. The molecule has 4 aliphatic rings. The second kappa shape index (κ2) is 25.3. The molecule has 4 amide bonds. The van der Waals surface area contributed by atoms with E-state index < -0.39 is 50.6 Å². The van der Waals surface area contributed by atoms with Crippen LogP contribution in [-0.4, -0.2) is 172 Å². The highest BCUT2D eigenvalue weighted by atomic mass is 32.2. The van der Waals surface area contributed by atoms with Gasteiger partial charge in [0, 0.05) is 105 Å². The summed E-state index contributed by atoms with van der Waals surface area (Å²) in [6.45, 7) is 2.30. The fourth-order valence-electron chi connectivity index (χ4n) is 10.00. The molecule has 2 aromatic carbocycles. The van der Waals surface area contributed by atoms with Crippen LogP contribution in [0.25, 0.3) is 10.8 Å². The fraction of sp³-hybridized carbons (Fsp3) is 0.708. The van der Waals surface area contributed by atoms with E-state index in [2.05, 4.69) is 0 Å². The largest absolute Gasteiger partial charge is 0.378 e. The number of fused-ring (bicyclic) bond motifs is 1. The average molecular weight is 991 g/mol. The van der Waals surface area contributed by atoms with Gasteiger partial charge in [0.1, 0.15) is 6.67 Å². The van der Waals surface area contributed by atoms with Crippen molar-refractivity contribution in [3.63, 3.8) is 0 Å². The van der Waals surface area contributed by atoms with Crippen molar-refractivity contribution in [1.29, 1.82) is 0 Å². The Morgan fingerprint density at radius 3 is 1.81 bits per heavy atom. The lowest BCUT2D eigenvalue weighted by Crippen LogP contribution is -2.47. The third-order valence-electron chi connectivity index (χ3n) is 14.2. The number of rotatable bonds is 19. The van der Waals surface area contributed by atoms with E-state index in [-0.39, 0.29) is 48.6 Å². The van der Waals surface area contributed by atoms with Crippen molar-refractivity contribution in [2.24, 2.45) is 23.7 Å². The molecule has 2 aromatic rings. The Kier molecular flexibility index (Phi) is 20.4. The van der Waals surface area contributed by atoms with E-state index in [1.807, 2.05) is 42.1 Å². The van der Waals surface area contributed by atoms with Crippen LogP contribution >= 0.6 is 0 Å². The number of hydroxylamine groups is 4. The highest BCUT2D eigenvalue weighted by Gasteiger charge is 2.36. The van der Waals surface area contributed by atoms with E-state index in [0.717, 1.165) is 114 Å². The van der Waals surface area contributed by atoms with Gasteiger partial charge in [-0.3, -0.25) is 29.6 Å². The minimum atomic E-state index is -4.02. The van der Waals surface area contributed by atoms with Gasteiger partial charge < -0.3 is 14.7 Å². The molecule has 2 aliphatic heterocycles. The predicted octanol–water partition coefficient (Wildman–Crippen LogP) is 5.45.